The Hall–Kier alpha value is -2.94. The lowest BCUT2D eigenvalue weighted by atomic mass is 10.2. The topological polar surface area (TPSA) is 64.6 Å². The SMILES string of the molecule is CN1CCC(Oc2cc(/C=C/c3ccncc3)cnc2OC(=O)C(F)(F)F)C1. The molecule has 1 fully saturated rings. The Morgan fingerprint density at radius 3 is 2.61 bits per heavy atom. The Kier molecular flexibility index (Phi) is 5.93. The molecule has 28 heavy (non-hydrogen) atoms. The van der Waals surface area contributed by atoms with Gasteiger partial charge in [-0.15, -0.1) is 0 Å². The highest BCUT2D eigenvalue weighted by molar-refractivity contribution is 5.78. The summed E-state index contributed by atoms with van der Waals surface area (Å²) in [7, 11) is 1.92. The minimum absolute atomic E-state index is 0.00483. The first-order chi connectivity index (χ1) is 13.3. The molecule has 1 aliphatic heterocycles. The van der Waals surface area contributed by atoms with Crippen molar-refractivity contribution in [3.8, 4) is 11.6 Å². The van der Waals surface area contributed by atoms with Crippen LogP contribution in [0.5, 0.6) is 11.6 Å². The van der Waals surface area contributed by atoms with Crippen LogP contribution < -0.4 is 9.47 Å². The zero-order valence-corrected chi connectivity index (χ0v) is 15.0. The number of alkyl halides is 3. The quantitative estimate of drug-likeness (QED) is 0.727. The molecule has 2 aromatic heterocycles. The van der Waals surface area contributed by atoms with Crippen LogP contribution in [0.4, 0.5) is 13.2 Å². The number of carbonyl (C=O) groups is 1. The van der Waals surface area contributed by atoms with Gasteiger partial charge in [0.25, 0.3) is 5.88 Å². The van der Waals surface area contributed by atoms with Crippen molar-refractivity contribution in [2.45, 2.75) is 18.7 Å². The maximum absolute atomic E-state index is 12.5. The van der Waals surface area contributed by atoms with E-state index in [9.17, 15) is 18.0 Å². The first-order valence-electron chi connectivity index (χ1n) is 8.53. The molecule has 1 saturated heterocycles. The van der Waals surface area contributed by atoms with Crippen molar-refractivity contribution in [1.82, 2.24) is 14.9 Å². The summed E-state index contributed by atoms with van der Waals surface area (Å²) >= 11 is 0. The summed E-state index contributed by atoms with van der Waals surface area (Å²) in [5, 5.41) is 0. The molecule has 9 heteroatoms. The molecule has 1 unspecified atom stereocenters. The highest BCUT2D eigenvalue weighted by Crippen LogP contribution is 2.31. The van der Waals surface area contributed by atoms with Gasteiger partial charge in [0.05, 0.1) is 0 Å². The molecule has 6 nitrogen and oxygen atoms in total. The van der Waals surface area contributed by atoms with Crippen LogP contribution in [0.1, 0.15) is 17.5 Å². The average Bonchev–Trinajstić information content (AvgIpc) is 3.06. The molecule has 0 amide bonds. The predicted octanol–water partition coefficient (Wildman–Crippen LogP) is 3.20. The van der Waals surface area contributed by atoms with E-state index in [2.05, 4.69) is 14.7 Å². The summed E-state index contributed by atoms with van der Waals surface area (Å²) in [6, 6.07) is 5.10. The number of carbonyl (C=O) groups excluding carboxylic acids is 1. The van der Waals surface area contributed by atoms with Gasteiger partial charge in [-0.1, -0.05) is 12.2 Å². The van der Waals surface area contributed by atoms with Crippen molar-refractivity contribution in [3.63, 3.8) is 0 Å². The van der Waals surface area contributed by atoms with Crippen molar-refractivity contribution in [1.29, 1.82) is 0 Å². The van der Waals surface area contributed by atoms with Gasteiger partial charge in [-0.05, 0) is 42.8 Å². The number of nitrogens with zero attached hydrogens (tertiary/aromatic N) is 3. The monoisotopic (exact) mass is 393 g/mol. The lowest BCUT2D eigenvalue weighted by Crippen LogP contribution is -2.29. The molecule has 148 valence electrons. The molecule has 0 saturated carbocycles. The fourth-order valence-corrected chi connectivity index (χ4v) is 2.68. The van der Waals surface area contributed by atoms with Crippen molar-refractivity contribution in [2.24, 2.45) is 0 Å². The third-order valence-corrected chi connectivity index (χ3v) is 4.08. The minimum atomic E-state index is -5.12. The van der Waals surface area contributed by atoms with Crippen LogP contribution in [0.15, 0.2) is 36.8 Å². The Balaban J connectivity index is 1.84. The van der Waals surface area contributed by atoms with Gasteiger partial charge < -0.3 is 14.4 Å². The number of likely N-dealkylation sites (tertiary alicyclic amines) is 1. The Morgan fingerprint density at radius 1 is 1.25 bits per heavy atom. The van der Waals surface area contributed by atoms with Crippen LogP contribution in [0.2, 0.25) is 0 Å². The van der Waals surface area contributed by atoms with E-state index in [1.54, 1.807) is 36.7 Å². The van der Waals surface area contributed by atoms with Crippen LogP contribution in [0.3, 0.4) is 0 Å². The largest absolute Gasteiger partial charge is 0.491 e. The van der Waals surface area contributed by atoms with Gasteiger partial charge in [0, 0.05) is 31.7 Å². The standard InChI is InChI=1S/C19H18F3N3O3/c1-25-9-6-15(12-25)27-16-10-14(3-2-13-4-7-23-8-5-13)11-24-17(16)28-18(26)19(20,21)22/h2-5,7-8,10-11,15H,6,9,12H2,1H3/b3-2+. The van der Waals surface area contributed by atoms with Crippen molar-refractivity contribution >= 4 is 18.1 Å². The summed E-state index contributed by atoms with van der Waals surface area (Å²) in [5.74, 6) is -2.85. The molecule has 2 aromatic rings. The van der Waals surface area contributed by atoms with E-state index in [0.29, 0.717) is 18.5 Å². The Bertz CT molecular complexity index is 856. The second-order valence-electron chi connectivity index (χ2n) is 6.36. The highest BCUT2D eigenvalue weighted by atomic mass is 19.4. The van der Waals surface area contributed by atoms with Gasteiger partial charge >= 0.3 is 12.1 Å². The third-order valence-electron chi connectivity index (χ3n) is 4.08. The van der Waals surface area contributed by atoms with E-state index < -0.39 is 18.0 Å². The van der Waals surface area contributed by atoms with E-state index in [1.807, 2.05) is 11.9 Å². The van der Waals surface area contributed by atoms with E-state index in [1.165, 1.54) is 12.3 Å². The summed E-state index contributed by atoms with van der Waals surface area (Å²) in [4.78, 5) is 21.0. The van der Waals surface area contributed by atoms with Gasteiger partial charge in [0.1, 0.15) is 6.10 Å². The molecule has 0 radical (unpaired) electrons. The Labute approximate surface area is 159 Å². The molecule has 3 rings (SSSR count). The number of pyridine rings is 2. The maximum atomic E-state index is 12.5. The summed E-state index contributed by atoms with van der Waals surface area (Å²) in [5.41, 5.74) is 1.48. The molecule has 0 N–H and O–H groups in total. The van der Waals surface area contributed by atoms with Gasteiger partial charge in [0.15, 0.2) is 5.75 Å². The van der Waals surface area contributed by atoms with Crippen LogP contribution in [0, 0.1) is 0 Å². The normalized spacial score (nSPS) is 17.8. The average molecular weight is 393 g/mol. The minimum Gasteiger partial charge on any atom is -0.483 e. The molecule has 0 spiro atoms. The maximum Gasteiger partial charge on any atom is 0.491 e. The number of rotatable bonds is 5. The van der Waals surface area contributed by atoms with Crippen LogP contribution >= 0.6 is 0 Å². The second kappa shape index (κ2) is 8.39. The van der Waals surface area contributed by atoms with E-state index >= 15 is 0 Å². The van der Waals surface area contributed by atoms with E-state index in [0.717, 1.165) is 12.1 Å². The Morgan fingerprint density at radius 2 is 1.96 bits per heavy atom. The number of aromatic nitrogens is 2. The highest BCUT2D eigenvalue weighted by Gasteiger charge is 2.42. The first-order valence-corrected chi connectivity index (χ1v) is 8.53. The number of halogens is 3. The van der Waals surface area contributed by atoms with Crippen molar-refractivity contribution in [2.75, 3.05) is 20.1 Å². The number of hydrogen-bond acceptors (Lipinski definition) is 6. The molecular weight excluding hydrogens is 375 g/mol. The van der Waals surface area contributed by atoms with E-state index in [4.69, 9.17) is 4.74 Å². The van der Waals surface area contributed by atoms with E-state index in [-0.39, 0.29) is 11.9 Å². The predicted molar refractivity (Wildman–Crippen MR) is 95.6 cm³/mol. The zero-order valence-electron chi connectivity index (χ0n) is 15.0. The number of esters is 1. The van der Waals surface area contributed by atoms with Crippen LogP contribution in [-0.4, -0.2) is 53.3 Å². The summed E-state index contributed by atoms with van der Waals surface area (Å²) in [6.45, 7) is 1.42. The van der Waals surface area contributed by atoms with Gasteiger partial charge in [0.2, 0.25) is 0 Å². The van der Waals surface area contributed by atoms with Gasteiger partial charge in [-0.3, -0.25) is 4.98 Å². The van der Waals surface area contributed by atoms with Gasteiger partial charge in [-0.25, -0.2) is 9.78 Å². The molecule has 1 aliphatic rings. The summed E-state index contributed by atoms with van der Waals surface area (Å²) in [6.07, 6.45) is 3.48. The second-order valence-corrected chi connectivity index (χ2v) is 6.36. The fourth-order valence-electron chi connectivity index (χ4n) is 2.68. The van der Waals surface area contributed by atoms with Crippen LogP contribution in [0.25, 0.3) is 12.2 Å². The number of ether oxygens (including phenoxy) is 2. The molecule has 0 aromatic carbocycles. The molecule has 3 heterocycles. The smallest absolute Gasteiger partial charge is 0.483 e. The summed E-state index contributed by atoms with van der Waals surface area (Å²) < 4.78 is 47.8. The number of likely N-dealkylation sites (N-methyl/N-ethyl adjacent to an activating group) is 1. The van der Waals surface area contributed by atoms with Crippen molar-refractivity contribution < 1.29 is 27.4 Å². The molecular formula is C19H18F3N3O3. The fraction of sp³-hybridized carbons (Fsp3) is 0.316. The molecule has 0 aliphatic carbocycles. The lowest BCUT2D eigenvalue weighted by molar-refractivity contribution is -0.190. The van der Waals surface area contributed by atoms with Crippen LogP contribution in [-0.2, 0) is 4.79 Å². The molecule has 1 atom stereocenters. The number of hydrogen-bond donors (Lipinski definition) is 0. The molecule has 0 bridgehead atoms. The third kappa shape index (κ3) is 5.29. The van der Waals surface area contributed by atoms with Gasteiger partial charge in [-0.2, -0.15) is 13.2 Å². The first kappa shape index (κ1) is 19.8. The lowest BCUT2D eigenvalue weighted by Gasteiger charge is -2.16. The van der Waals surface area contributed by atoms with Crippen molar-refractivity contribution in [3.05, 3.63) is 47.9 Å². The zero-order chi connectivity index (χ0) is 20.1.